The summed E-state index contributed by atoms with van der Waals surface area (Å²) < 4.78 is 12.0. The van der Waals surface area contributed by atoms with E-state index in [-0.39, 0.29) is 5.91 Å². The number of halogens is 1. The monoisotopic (exact) mass is 424 g/mol. The summed E-state index contributed by atoms with van der Waals surface area (Å²) in [5, 5.41) is 0. The number of benzene rings is 1. The van der Waals surface area contributed by atoms with Crippen molar-refractivity contribution in [2.75, 3.05) is 45.1 Å². The molecule has 5 nitrogen and oxygen atoms in total. The number of thioether (sulfide) groups is 1. The standard InChI is InChI=1S/C19H21ClN2O3S2/c20-18-4-2-15(27-18)12-21-5-7-22(8-6-21)19(23)13-26-14-1-3-16-17(11-14)25-10-9-24-16/h1-4,11H,5-10,12-13H2. The highest BCUT2D eigenvalue weighted by Gasteiger charge is 2.22. The predicted molar refractivity (Wildman–Crippen MR) is 109 cm³/mol. The van der Waals surface area contributed by atoms with Crippen molar-refractivity contribution in [2.24, 2.45) is 0 Å². The minimum absolute atomic E-state index is 0.189. The molecule has 144 valence electrons. The van der Waals surface area contributed by atoms with Crippen molar-refractivity contribution in [3.05, 3.63) is 39.5 Å². The lowest BCUT2D eigenvalue weighted by Gasteiger charge is -2.34. The number of fused-ring (bicyclic) bond motifs is 1. The number of hydrogen-bond donors (Lipinski definition) is 0. The zero-order valence-electron chi connectivity index (χ0n) is 14.9. The van der Waals surface area contributed by atoms with E-state index in [9.17, 15) is 4.79 Å². The zero-order valence-corrected chi connectivity index (χ0v) is 17.2. The molecular weight excluding hydrogens is 404 g/mol. The van der Waals surface area contributed by atoms with Gasteiger partial charge in [0.05, 0.1) is 10.1 Å². The second-order valence-electron chi connectivity index (χ2n) is 6.46. The lowest BCUT2D eigenvalue weighted by atomic mass is 10.3. The summed E-state index contributed by atoms with van der Waals surface area (Å²) in [4.78, 5) is 19.2. The summed E-state index contributed by atoms with van der Waals surface area (Å²) in [6.45, 7) is 5.42. The van der Waals surface area contributed by atoms with Crippen LogP contribution in [0.15, 0.2) is 35.2 Å². The van der Waals surface area contributed by atoms with Gasteiger partial charge in [-0.25, -0.2) is 0 Å². The van der Waals surface area contributed by atoms with Gasteiger partial charge in [0.15, 0.2) is 11.5 Å². The van der Waals surface area contributed by atoms with Gasteiger partial charge in [0.1, 0.15) is 13.2 Å². The van der Waals surface area contributed by atoms with Crippen LogP contribution < -0.4 is 9.47 Å². The molecule has 2 aromatic rings. The minimum Gasteiger partial charge on any atom is -0.486 e. The number of carbonyl (C=O) groups excluding carboxylic acids is 1. The molecule has 2 aliphatic heterocycles. The van der Waals surface area contributed by atoms with Gasteiger partial charge in [0.25, 0.3) is 0 Å². The van der Waals surface area contributed by atoms with Crippen LogP contribution in [0.3, 0.4) is 0 Å². The summed E-state index contributed by atoms with van der Waals surface area (Å²) in [5.41, 5.74) is 0. The largest absolute Gasteiger partial charge is 0.486 e. The Morgan fingerprint density at radius 1 is 1.07 bits per heavy atom. The summed E-state index contributed by atoms with van der Waals surface area (Å²) in [7, 11) is 0. The molecule has 0 spiro atoms. The fourth-order valence-electron chi connectivity index (χ4n) is 3.16. The van der Waals surface area contributed by atoms with E-state index in [0.29, 0.717) is 19.0 Å². The Kier molecular flexibility index (Phi) is 6.12. The molecule has 3 heterocycles. The van der Waals surface area contributed by atoms with Crippen LogP contribution in [-0.2, 0) is 11.3 Å². The topological polar surface area (TPSA) is 42.0 Å². The third-order valence-electron chi connectivity index (χ3n) is 4.61. The van der Waals surface area contributed by atoms with Crippen molar-refractivity contribution in [3.8, 4) is 11.5 Å². The first-order valence-electron chi connectivity index (χ1n) is 8.94. The summed E-state index contributed by atoms with van der Waals surface area (Å²) in [5.74, 6) is 2.18. The van der Waals surface area contributed by atoms with E-state index < -0.39 is 0 Å². The molecule has 1 amide bonds. The molecule has 0 atom stereocenters. The van der Waals surface area contributed by atoms with Gasteiger partial charge in [-0.1, -0.05) is 11.6 Å². The highest BCUT2D eigenvalue weighted by molar-refractivity contribution is 8.00. The van der Waals surface area contributed by atoms with Gasteiger partial charge >= 0.3 is 0 Å². The third-order valence-corrected chi connectivity index (χ3v) is 6.80. The number of amides is 1. The molecule has 0 N–H and O–H groups in total. The number of carbonyl (C=O) groups is 1. The van der Waals surface area contributed by atoms with E-state index in [1.54, 1.807) is 23.1 Å². The summed E-state index contributed by atoms with van der Waals surface area (Å²) in [6, 6.07) is 9.87. The van der Waals surface area contributed by atoms with Crippen LogP contribution in [0.4, 0.5) is 0 Å². The average Bonchev–Trinajstić information content (AvgIpc) is 3.11. The zero-order chi connectivity index (χ0) is 18.6. The molecule has 0 saturated carbocycles. The van der Waals surface area contributed by atoms with Gasteiger partial charge in [-0.3, -0.25) is 9.69 Å². The van der Waals surface area contributed by atoms with Crippen LogP contribution in [-0.4, -0.2) is 60.9 Å². The van der Waals surface area contributed by atoms with E-state index in [4.69, 9.17) is 21.1 Å². The number of hydrogen-bond acceptors (Lipinski definition) is 6. The molecule has 0 bridgehead atoms. The van der Waals surface area contributed by atoms with Crippen molar-refractivity contribution in [1.82, 2.24) is 9.80 Å². The lowest BCUT2D eigenvalue weighted by Crippen LogP contribution is -2.48. The lowest BCUT2D eigenvalue weighted by molar-refractivity contribution is -0.130. The molecule has 2 aliphatic rings. The van der Waals surface area contributed by atoms with Crippen molar-refractivity contribution < 1.29 is 14.3 Å². The Morgan fingerprint density at radius 2 is 1.85 bits per heavy atom. The van der Waals surface area contributed by atoms with Gasteiger partial charge in [0, 0.05) is 42.5 Å². The molecular formula is C19H21ClN2O3S2. The Balaban J connectivity index is 1.23. The first kappa shape index (κ1) is 18.9. The first-order valence-corrected chi connectivity index (χ1v) is 11.1. The molecule has 1 aromatic carbocycles. The minimum atomic E-state index is 0.189. The van der Waals surface area contributed by atoms with Crippen LogP contribution >= 0.6 is 34.7 Å². The molecule has 0 aliphatic carbocycles. The second kappa shape index (κ2) is 8.73. The summed E-state index contributed by atoms with van der Waals surface area (Å²) in [6.07, 6.45) is 0. The van der Waals surface area contributed by atoms with Crippen molar-refractivity contribution in [1.29, 1.82) is 0 Å². The summed E-state index contributed by atoms with van der Waals surface area (Å²) >= 11 is 9.17. The van der Waals surface area contributed by atoms with Gasteiger partial charge in [0.2, 0.25) is 5.91 Å². The van der Waals surface area contributed by atoms with Crippen molar-refractivity contribution in [2.45, 2.75) is 11.4 Å². The average molecular weight is 425 g/mol. The van der Waals surface area contributed by atoms with Crippen molar-refractivity contribution in [3.63, 3.8) is 0 Å². The molecule has 1 fully saturated rings. The number of piperazine rings is 1. The maximum Gasteiger partial charge on any atom is 0.233 e. The fourth-order valence-corrected chi connectivity index (χ4v) is 5.12. The Labute approximate surface area is 172 Å². The maximum atomic E-state index is 12.5. The Hall–Kier alpha value is -1.41. The van der Waals surface area contributed by atoms with Crippen molar-refractivity contribution >= 4 is 40.6 Å². The van der Waals surface area contributed by atoms with E-state index in [1.165, 1.54) is 4.88 Å². The normalized spacial score (nSPS) is 17.1. The van der Waals surface area contributed by atoms with Gasteiger partial charge < -0.3 is 14.4 Å². The first-order chi connectivity index (χ1) is 13.2. The van der Waals surface area contributed by atoms with E-state index in [0.717, 1.165) is 53.5 Å². The SMILES string of the molecule is O=C(CSc1ccc2c(c1)OCCO2)N1CCN(Cc2ccc(Cl)s2)CC1. The smallest absolute Gasteiger partial charge is 0.233 e. The van der Waals surface area contributed by atoms with Crippen LogP contribution in [0.2, 0.25) is 4.34 Å². The van der Waals surface area contributed by atoms with Gasteiger partial charge in [-0.15, -0.1) is 23.1 Å². The van der Waals surface area contributed by atoms with Gasteiger partial charge in [-0.05, 0) is 30.3 Å². The maximum absolute atomic E-state index is 12.5. The number of nitrogens with zero attached hydrogens (tertiary/aromatic N) is 2. The highest BCUT2D eigenvalue weighted by atomic mass is 35.5. The predicted octanol–water partition coefficient (Wildman–Crippen LogP) is 3.61. The fraction of sp³-hybridized carbons (Fsp3) is 0.421. The second-order valence-corrected chi connectivity index (χ2v) is 9.31. The van der Waals surface area contributed by atoms with Crippen LogP contribution in [0, 0.1) is 0 Å². The molecule has 1 aromatic heterocycles. The van der Waals surface area contributed by atoms with E-state index >= 15 is 0 Å². The number of ether oxygens (including phenoxy) is 2. The van der Waals surface area contributed by atoms with E-state index in [2.05, 4.69) is 11.0 Å². The Morgan fingerprint density at radius 3 is 2.59 bits per heavy atom. The molecule has 1 saturated heterocycles. The molecule has 0 unspecified atom stereocenters. The van der Waals surface area contributed by atoms with Crippen LogP contribution in [0.5, 0.6) is 11.5 Å². The number of thiophene rings is 1. The quantitative estimate of drug-likeness (QED) is 0.686. The highest BCUT2D eigenvalue weighted by Crippen LogP contribution is 2.34. The Bertz CT molecular complexity index is 806. The molecule has 0 radical (unpaired) electrons. The molecule has 27 heavy (non-hydrogen) atoms. The molecule has 8 heteroatoms. The van der Waals surface area contributed by atoms with Gasteiger partial charge in [-0.2, -0.15) is 0 Å². The number of rotatable bonds is 5. The third kappa shape index (κ3) is 4.90. The van der Waals surface area contributed by atoms with Crippen LogP contribution in [0.1, 0.15) is 4.88 Å². The van der Waals surface area contributed by atoms with E-state index in [1.807, 2.05) is 29.2 Å². The van der Waals surface area contributed by atoms with Crippen LogP contribution in [0.25, 0.3) is 0 Å². The molecule has 4 rings (SSSR count).